The Labute approximate surface area is 118 Å². The summed E-state index contributed by atoms with van der Waals surface area (Å²) in [5.74, 6) is -0.124. The summed E-state index contributed by atoms with van der Waals surface area (Å²) < 4.78 is 13.5. The van der Waals surface area contributed by atoms with Crippen LogP contribution in [-0.2, 0) is 10.2 Å². The monoisotopic (exact) mass is 276 g/mol. The SMILES string of the molecule is NC1CCCN(C(=O)C2(c3cccc(F)c3)CCC2)C1. The van der Waals surface area contributed by atoms with Crippen molar-refractivity contribution in [2.45, 2.75) is 43.6 Å². The lowest BCUT2D eigenvalue weighted by Crippen LogP contribution is -2.55. The molecule has 0 radical (unpaired) electrons. The predicted molar refractivity (Wildman–Crippen MR) is 75.7 cm³/mol. The molecule has 3 nitrogen and oxygen atoms in total. The summed E-state index contributed by atoms with van der Waals surface area (Å²) in [5.41, 5.74) is 6.30. The van der Waals surface area contributed by atoms with Crippen molar-refractivity contribution in [3.05, 3.63) is 35.6 Å². The average molecular weight is 276 g/mol. The maximum atomic E-state index is 13.5. The van der Waals surface area contributed by atoms with Crippen LogP contribution in [0.15, 0.2) is 24.3 Å². The molecule has 0 aromatic heterocycles. The van der Waals surface area contributed by atoms with Crippen molar-refractivity contribution < 1.29 is 9.18 Å². The van der Waals surface area contributed by atoms with Gasteiger partial charge in [0.1, 0.15) is 5.82 Å². The van der Waals surface area contributed by atoms with Crippen molar-refractivity contribution in [2.75, 3.05) is 13.1 Å². The quantitative estimate of drug-likeness (QED) is 0.900. The molecule has 20 heavy (non-hydrogen) atoms. The molecule has 1 unspecified atom stereocenters. The van der Waals surface area contributed by atoms with Gasteiger partial charge in [0.05, 0.1) is 5.41 Å². The van der Waals surface area contributed by atoms with E-state index in [1.165, 1.54) is 12.1 Å². The van der Waals surface area contributed by atoms with Gasteiger partial charge in [0.15, 0.2) is 0 Å². The van der Waals surface area contributed by atoms with Crippen LogP contribution >= 0.6 is 0 Å². The summed E-state index contributed by atoms with van der Waals surface area (Å²) in [4.78, 5) is 14.8. The highest BCUT2D eigenvalue weighted by molar-refractivity contribution is 5.89. The van der Waals surface area contributed by atoms with Gasteiger partial charge in [-0.3, -0.25) is 4.79 Å². The van der Waals surface area contributed by atoms with Gasteiger partial charge in [-0.15, -0.1) is 0 Å². The zero-order valence-corrected chi connectivity index (χ0v) is 11.6. The van der Waals surface area contributed by atoms with E-state index >= 15 is 0 Å². The van der Waals surface area contributed by atoms with E-state index < -0.39 is 5.41 Å². The molecule has 1 saturated heterocycles. The van der Waals surface area contributed by atoms with Crippen LogP contribution in [0.25, 0.3) is 0 Å². The molecule has 0 spiro atoms. The van der Waals surface area contributed by atoms with Crippen LogP contribution in [-0.4, -0.2) is 29.9 Å². The minimum Gasteiger partial charge on any atom is -0.340 e. The molecule has 1 amide bonds. The van der Waals surface area contributed by atoms with E-state index in [9.17, 15) is 9.18 Å². The molecule has 4 heteroatoms. The molecule has 1 aliphatic heterocycles. The lowest BCUT2D eigenvalue weighted by molar-refractivity contribution is -0.142. The zero-order chi connectivity index (χ0) is 14.2. The molecule has 2 N–H and O–H groups in total. The first kappa shape index (κ1) is 13.6. The molecular weight excluding hydrogens is 255 g/mol. The standard InChI is InChI=1S/C16H21FN2O/c17-13-5-1-4-12(10-13)16(7-3-8-16)15(20)19-9-2-6-14(18)11-19/h1,4-5,10,14H,2-3,6-9,11,18H2. The van der Waals surface area contributed by atoms with Crippen LogP contribution in [0.3, 0.4) is 0 Å². The van der Waals surface area contributed by atoms with Crippen LogP contribution in [0, 0.1) is 5.82 Å². The number of amides is 1. The smallest absolute Gasteiger partial charge is 0.233 e. The molecule has 1 heterocycles. The van der Waals surface area contributed by atoms with E-state index in [0.29, 0.717) is 6.54 Å². The second kappa shape index (κ2) is 5.17. The number of carbonyl (C=O) groups is 1. The number of hydrogen-bond donors (Lipinski definition) is 1. The highest BCUT2D eigenvalue weighted by Crippen LogP contribution is 2.45. The van der Waals surface area contributed by atoms with Crippen molar-refractivity contribution in [1.82, 2.24) is 4.90 Å². The summed E-state index contributed by atoms with van der Waals surface area (Å²) in [7, 11) is 0. The largest absolute Gasteiger partial charge is 0.340 e. The molecule has 0 bridgehead atoms. The van der Waals surface area contributed by atoms with Gasteiger partial charge in [0.25, 0.3) is 0 Å². The molecule has 1 saturated carbocycles. The lowest BCUT2D eigenvalue weighted by atomic mass is 9.63. The number of likely N-dealkylation sites (tertiary alicyclic amines) is 1. The Balaban J connectivity index is 1.87. The van der Waals surface area contributed by atoms with Crippen LogP contribution in [0.5, 0.6) is 0 Å². The van der Waals surface area contributed by atoms with Gasteiger partial charge in [0.2, 0.25) is 5.91 Å². The highest BCUT2D eigenvalue weighted by Gasteiger charge is 2.48. The summed E-state index contributed by atoms with van der Waals surface area (Å²) in [5, 5.41) is 0. The molecule has 108 valence electrons. The Kier molecular flexibility index (Phi) is 3.50. The van der Waals surface area contributed by atoms with Gasteiger partial charge in [-0.05, 0) is 43.4 Å². The fourth-order valence-electron chi connectivity index (χ4n) is 3.44. The molecule has 2 fully saturated rings. The van der Waals surface area contributed by atoms with Gasteiger partial charge in [-0.1, -0.05) is 18.6 Å². The highest BCUT2D eigenvalue weighted by atomic mass is 19.1. The summed E-state index contributed by atoms with van der Waals surface area (Å²) in [6.45, 7) is 1.42. The van der Waals surface area contributed by atoms with Crippen molar-refractivity contribution in [3.8, 4) is 0 Å². The number of carbonyl (C=O) groups excluding carboxylic acids is 1. The predicted octanol–water partition coefficient (Wildman–Crippen LogP) is 2.20. The summed E-state index contributed by atoms with van der Waals surface area (Å²) in [6, 6.07) is 6.60. The van der Waals surface area contributed by atoms with Crippen LogP contribution in [0.4, 0.5) is 4.39 Å². The fourth-order valence-corrected chi connectivity index (χ4v) is 3.44. The van der Waals surface area contributed by atoms with Crippen molar-refractivity contribution >= 4 is 5.91 Å². The summed E-state index contributed by atoms with van der Waals surface area (Å²) >= 11 is 0. The number of hydrogen-bond acceptors (Lipinski definition) is 2. The Morgan fingerprint density at radius 1 is 1.35 bits per heavy atom. The molecule has 1 atom stereocenters. The van der Waals surface area contributed by atoms with E-state index in [1.807, 2.05) is 11.0 Å². The number of rotatable bonds is 2. The van der Waals surface area contributed by atoms with E-state index in [2.05, 4.69) is 0 Å². The molecule has 2 aliphatic rings. The Hall–Kier alpha value is -1.42. The Morgan fingerprint density at radius 3 is 2.75 bits per heavy atom. The Morgan fingerprint density at radius 2 is 2.15 bits per heavy atom. The maximum absolute atomic E-state index is 13.5. The Bertz CT molecular complexity index is 513. The van der Waals surface area contributed by atoms with E-state index in [-0.39, 0.29) is 17.8 Å². The van der Waals surface area contributed by atoms with Crippen molar-refractivity contribution in [3.63, 3.8) is 0 Å². The van der Waals surface area contributed by atoms with Crippen LogP contribution < -0.4 is 5.73 Å². The second-order valence-corrected chi connectivity index (χ2v) is 6.10. The fraction of sp³-hybridized carbons (Fsp3) is 0.562. The summed E-state index contributed by atoms with van der Waals surface area (Å²) in [6.07, 6.45) is 4.62. The van der Waals surface area contributed by atoms with Crippen LogP contribution in [0.2, 0.25) is 0 Å². The van der Waals surface area contributed by atoms with Crippen molar-refractivity contribution in [2.24, 2.45) is 5.73 Å². The molecular formula is C16H21FN2O. The maximum Gasteiger partial charge on any atom is 0.233 e. The van der Waals surface area contributed by atoms with Crippen LogP contribution in [0.1, 0.15) is 37.7 Å². The topological polar surface area (TPSA) is 46.3 Å². The third-order valence-corrected chi connectivity index (χ3v) is 4.74. The third kappa shape index (κ3) is 2.22. The van der Waals surface area contributed by atoms with Gasteiger partial charge in [-0.25, -0.2) is 4.39 Å². The minimum atomic E-state index is -0.501. The number of benzene rings is 1. The molecule has 1 aromatic carbocycles. The second-order valence-electron chi connectivity index (χ2n) is 6.10. The lowest BCUT2D eigenvalue weighted by Gasteiger charge is -2.45. The van der Waals surface area contributed by atoms with Gasteiger partial charge < -0.3 is 10.6 Å². The zero-order valence-electron chi connectivity index (χ0n) is 11.6. The number of nitrogens with two attached hydrogens (primary N) is 1. The first-order valence-corrected chi connectivity index (χ1v) is 7.43. The minimum absolute atomic E-state index is 0.0809. The van der Waals surface area contributed by atoms with E-state index in [4.69, 9.17) is 5.73 Å². The average Bonchev–Trinajstić information content (AvgIpc) is 2.37. The number of piperidine rings is 1. The van der Waals surface area contributed by atoms with E-state index in [0.717, 1.165) is 44.2 Å². The van der Waals surface area contributed by atoms with Gasteiger partial charge in [-0.2, -0.15) is 0 Å². The molecule has 1 aliphatic carbocycles. The van der Waals surface area contributed by atoms with Crippen molar-refractivity contribution in [1.29, 1.82) is 0 Å². The number of nitrogens with zero attached hydrogens (tertiary/aromatic N) is 1. The van der Waals surface area contributed by atoms with E-state index in [1.54, 1.807) is 6.07 Å². The first-order chi connectivity index (χ1) is 9.62. The normalized spacial score (nSPS) is 25.1. The van der Waals surface area contributed by atoms with Gasteiger partial charge >= 0.3 is 0 Å². The first-order valence-electron chi connectivity index (χ1n) is 7.43. The molecule has 3 rings (SSSR count). The number of halogens is 1. The third-order valence-electron chi connectivity index (χ3n) is 4.74. The molecule has 1 aromatic rings. The van der Waals surface area contributed by atoms with Gasteiger partial charge in [0, 0.05) is 19.1 Å².